The lowest BCUT2D eigenvalue weighted by Crippen LogP contribution is -2.05. The molecular weight excluding hydrogens is 144 g/mol. The van der Waals surface area contributed by atoms with Crippen molar-refractivity contribution in [2.45, 2.75) is 26.7 Å². The number of hydrogen-bond acceptors (Lipinski definition) is 3. The Morgan fingerprint density at radius 3 is 2.64 bits per heavy atom. The molecule has 0 aromatic heterocycles. The van der Waals surface area contributed by atoms with Gasteiger partial charge >= 0.3 is 5.97 Å². The minimum absolute atomic E-state index is 0.0718. The summed E-state index contributed by atoms with van der Waals surface area (Å²) < 4.78 is 4.70. The van der Waals surface area contributed by atoms with E-state index in [1.165, 1.54) is 0 Å². The molecule has 0 saturated carbocycles. The molecule has 11 heavy (non-hydrogen) atoms. The second kappa shape index (κ2) is 5.69. The zero-order chi connectivity index (χ0) is 8.69. The van der Waals surface area contributed by atoms with Crippen molar-refractivity contribution in [3.8, 4) is 0 Å². The highest BCUT2D eigenvalue weighted by atomic mass is 16.5. The highest BCUT2D eigenvalue weighted by molar-refractivity contribution is 5.69. The first-order valence-electron chi connectivity index (χ1n) is 3.57. The van der Waals surface area contributed by atoms with Crippen LogP contribution in [-0.2, 0) is 14.3 Å². The van der Waals surface area contributed by atoms with Gasteiger partial charge in [-0.1, -0.05) is 6.92 Å². The maximum atomic E-state index is 10.7. The van der Waals surface area contributed by atoms with Gasteiger partial charge in [-0.3, -0.25) is 4.79 Å². The van der Waals surface area contributed by atoms with Crippen molar-refractivity contribution in [2.75, 3.05) is 6.61 Å². The van der Waals surface area contributed by atoms with Gasteiger partial charge in [-0.2, -0.15) is 0 Å². The van der Waals surface area contributed by atoms with Crippen LogP contribution in [0.2, 0.25) is 0 Å². The molecule has 0 bridgehead atoms. The van der Waals surface area contributed by atoms with Crippen LogP contribution in [0.1, 0.15) is 26.7 Å². The molecule has 0 spiro atoms. The first-order valence-corrected chi connectivity index (χ1v) is 3.57. The Hall–Kier alpha value is -1.08. The standard InChI is InChI=1S/C8H12O3/c1-3-4-8(10)11-6-7(2)5-9/h3-4,6H2,1-2H3. The molecule has 0 saturated heterocycles. The molecule has 0 aliphatic rings. The number of carbonyl (C=O) groups is 1. The summed E-state index contributed by atoms with van der Waals surface area (Å²) in [5.74, 6) is 1.39. The quantitative estimate of drug-likeness (QED) is 0.452. The van der Waals surface area contributed by atoms with E-state index in [-0.39, 0.29) is 12.6 Å². The van der Waals surface area contributed by atoms with E-state index in [9.17, 15) is 9.59 Å². The van der Waals surface area contributed by atoms with Gasteiger partial charge in [0.1, 0.15) is 12.5 Å². The van der Waals surface area contributed by atoms with Crippen molar-refractivity contribution >= 4 is 11.9 Å². The molecule has 0 radical (unpaired) electrons. The summed E-state index contributed by atoms with van der Waals surface area (Å²) in [6.45, 7) is 3.54. The van der Waals surface area contributed by atoms with E-state index in [0.29, 0.717) is 12.0 Å². The largest absolute Gasteiger partial charge is 0.460 e. The number of hydrogen-bond donors (Lipinski definition) is 0. The van der Waals surface area contributed by atoms with Crippen molar-refractivity contribution in [1.29, 1.82) is 0 Å². The summed E-state index contributed by atoms with van der Waals surface area (Å²) in [4.78, 5) is 20.6. The van der Waals surface area contributed by atoms with E-state index < -0.39 is 0 Å². The average Bonchev–Trinajstić information content (AvgIpc) is 2.01. The summed E-state index contributed by atoms with van der Waals surface area (Å²) in [6.07, 6.45) is 1.18. The number of carbonyl (C=O) groups excluding carboxylic acids is 2. The van der Waals surface area contributed by atoms with Crippen molar-refractivity contribution in [3.05, 3.63) is 5.57 Å². The molecule has 0 N–H and O–H groups in total. The van der Waals surface area contributed by atoms with Crippen molar-refractivity contribution < 1.29 is 14.3 Å². The van der Waals surface area contributed by atoms with Gasteiger partial charge in [0.05, 0.1) is 0 Å². The molecule has 0 atom stereocenters. The van der Waals surface area contributed by atoms with Crippen LogP contribution < -0.4 is 0 Å². The predicted octanol–water partition coefficient (Wildman–Crippen LogP) is 1.11. The van der Waals surface area contributed by atoms with Crippen molar-refractivity contribution in [1.82, 2.24) is 0 Å². The normalized spacial score (nSPS) is 8.55. The van der Waals surface area contributed by atoms with E-state index >= 15 is 0 Å². The topological polar surface area (TPSA) is 43.4 Å². The molecule has 0 fully saturated rings. The molecule has 0 aromatic rings. The van der Waals surface area contributed by atoms with Gasteiger partial charge in [0.15, 0.2) is 0 Å². The molecule has 0 aliphatic carbocycles. The second-order valence-electron chi connectivity index (χ2n) is 2.29. The fourth-order valence-corrected chi connectivity index (χ4v) is 0.495. The molecule has 3 heteroatoms. The maximum absolute atomic E-state index is 10.7. The Bertz CT molecular complexity index is 178. The molecule has 0 aliphatic heterocycles. The van der Waals surface area contributed by atoms with Crippen molar-refractivity contribution in [3.63, 3.8) is 0 Å². The lowest BCUT2D eigenvalue weighted by Gasteiger charge is -2.00. The lowest BCUT2D eigenvalue weighted by molar-refractivity contribution is -0.142. The first kappa shape index (κ1) is 9.92. The molecule has 0 heterocycles. The van der Waals surface area contributed by atoms with E-state index in [4.69, 9.17) is 4.74 Å². The number of esters is 1. The Labute approximate surface area is 66.0 Å². The zero-order valence-corrected chi connectivity index (χ0v) is 6.85. The Morgan fingerprint density at radius 1 is 1.55 bits per heavy atom. The third-order valence-corrected chi connectivity index (χ3v) is 1.08. The molecule has 0 amide bonds. The third-order valence-electron chi connectivity index (χ3n) is 1.08. The van der Waals surface area contributed by atoms with Crippen LogP contribution in [-0.4, -0.2) is 18.5 Å². The van der Waals surface area contributed by atoms with Gasteiger partial charge in [-0.15, -0.1) is 0 Å². The van der Waals surface area contributed by atoms with Gasteiger partial charge in [-0.05, 0) is 13.3 Å². The fourth-order valence-electron chi connectivity index (χ4n) is 0.495. The van der Waals surface area contributed by atoms with E-state index in [0.717, 1.165) is 6.42 Å². The average molecular weight is 156 g/mol. The predicted molar refractivity (Wildman–Crippen MR) is 40.7 cm³/mol. The van der Waals surface area contributed by atoms with Crippen molar-refractivity contribution in [2.24, 2.45) is 0 Å². The van der Waals surface area contributed by atoms with Crippen LogP contribution >= 0.6 is 0 Å². The summed E-state index contributed by atoms with van der Waals surface area (Å²) >= 11 is 0. The Balaban J connectivity index is 3.54. The van der Waals surface area contributed by atoms with E-state index in [1.807, 2.05) is 6.92 Å². The fraction of sp³-hybridized carbons (Fsp3) is 0.625. The molecule has 0 aromatic carbocycles. The highest BCUT2D eigenvalue weighted by Gasteiger charge is 2.00. The van der Waals surface area contributed by atoms with Crippen LogP contribution in [0.15, 0.2) is 5.57 Å². The minimum Gasteiger partial charge on any atom is -0.460 e. The summed E-state index contributed by atoms with van der Waals surface area (Å²) in [6, 6.07) is 0. The number of rotatable bonds is 4. The molecule has 0 unspecified atom stereocenters. The first-order chi connectivity index (χ1) is 5.20. The smallest absolute Gasteiger partial charge is 0.306 e. The van der Waals surface area contributed by atoms with Crippen LogP contribution in [0.3, 0.4) is 0 Å². The van der Waals surface area contributed by atoms with Gasteiger partial charge in [0.2, 0.25) is 0 Å². The molecule has 62 valence electrons. The molecule has 0 rings (SSSR count). The summed E-state index contributed by atoms with van der Waals surface area (Å²) in [5, 5.41) is 0. The summed E-state index contributed by atoms with van der Waals surface area (Å²) in [7, 11) is 0. The molecule has 3 nitrogen and oxygen atoms in total. The van der Waals surface area contributed by atoms with Crippen LogP contribution in [0.25, 0.3) is 0 Å². The number of ether oxygens (including phenoxy) is 1. The zero-order valence-electron chi connectivity index (χ0n) is 6.85. The lowest BCUT2D eigenvalue weighted by atomic mass is 10.3. The minimum atomic E-state index is -0.262. The van der Waals surface area contributed by atoms with Gasteiger partial charge in [0.25, 0.3) is 0 Å². The van der Waals surface area contributed by atoms with Gasteiger partial charge in [-0.25, -0.2) is 4.79 Å². The Morgan fingerprint density at radius 2 is 2.18 bits per heavy atom. The second-order valence-corrected chi connectivity index (χ2v) is 2.29. The highest BCUT2D eigenvalue weighted by Crippen LogP contribution is 1.93. The SMILES string of the molecule is CCCC(=O)OCC(C)=C=O. The van der Waals surface area contributed by atoms with Crippen LogP contribution in [0.4, 0.5) is 0 Å². The summed E-state index contributed by atoms with van der Waals surface area (Å²) in [5.41, 5.74) is 0.412. The monoisotopic (exact) mass is 156 g/mol. The van der Waals surface area contributed by atoms with E-state index in [1.54, 1.807) is 12.9 Å². The molecular formula is C8H12O3. The maximum Gasteiger partial charge on any atom is 0.306 e. The van der Waals surface area contributed by atoms with Gasteiger partial charge in [0, 0.05) is 12.0 Å². The van der Waals surface area contributed by atoms with E-state index in [2.05, 4.69) is 0 Å². The van der Waals surface area contributed by atoms with Crippen LogP contribution in [0.5, 0.6) is 0 Å². The van der Waals surface area contributed by atoms with Gasteiger partial charge < -0.3 is 4.74 Å². The Kier molecular flexibility index (Phi) is 5.13. The third kappa shape index (κ3) is 5.37. The van der Waals surface area contributed by atoms with Crippen LogP contribution in [0, 0.1) is 0 Å².